The predicted molar refractivity (Wildman–Crippen MR) is 119 cm³/mol. The van der Waals surface area contributed by atoms with Crippen LogP contribution in [0.1, 0.15) is 31.0 Å². The number of hydrogen-bond donors (Lipinski definition) is 1. The fraction of sp³-hybridized carbons (Fsp3) is 0.348. The first-order chi connectivity index (χ1) is 14.9. The van der Waals surface area contributed by atoms with Crippen LogP contribution in [0.25, 0.3) is 11.3 Å². The Morgan fingerprint density at radius 1 is 1.10 bits per heavy atom. The van der Waals surface area contributed by atoms with E-state index in [-0.39, 0.29) is 24.7 Å². The summed E-state index contributed by atoms with van der Waals surface area (Å²) in [5.41, 5.74) is 4.26. The molecular weight excluding hydrogens is 392 g/mol. The number of amides is 2. The highest BCUT2D eigenvalue weighted by molar-refractivity contribution is 5.97. The highest BCUT2D eigenvalue weighted by Gasteiger charge is 2.27. The standard InChI is InChI=1S/C23H26N6O2/c1-15-8-18(11-24-10-15)20-5-4-19(12-25-20)26-21(30)6-7-23(31)28-13-16(2)14-29-22(28)9-17(3)27-29/h4-5,8-12,16H,6-7,13-14H2,1-3H3,(H,26,30). The molecule has 4 heterocycles. The molecule has 0 aromatic carbocycles. The average Bonchev–Trinajstić information content (AvgIpc) is 3.11. The average molecular weight is 419 g/mol. The van der Waals surface area contributed by atoms with Crippen molar-refractivity contribution < 1.29 is 9.59 Å². The second-order valence-electron chi connectivity index (χ2n) is 8.17. The molecule has 1 aliphatic heterocycles. The SMILES string of the molecule is Cc1cncc(-c2ccc(NC(=O)CCC(=O)N3CC(C)Cn4nc(C)cc43)cn2)c1. The summed E-state index contributed by atoms with van der Waals surface area (Å²) in [5.74, 6) is 0.849. The molecule has 4 rings (SSSR count). The third-order valence-electron chi connectivity index (χ3n) is 5.22. The maximum Gasteiger partial charge on any atom is 0.228 e. The zero-order valence-electron chi connectivity index (χ0n) is 18.0. The number of anilines is 2. The van der Waals surface area contributed by atoms with Crippen LogP contribution in [-0.2, 0) is 16.1 Å². The largest absolute Gasteiger partial charge is 0.325 e. The number of nitrogens with zero attached hydrogens (tertiary/aromatic N) is 5. The zero-order chi connectivity index (χ0) is 22.0. The Labute approximate surface area is 181 Å². The number of aromatic nitrogens is 4. The normalized spacial score (nSPS) is 15.5. The predicted octanol–water partition coefficient (Wildman–Crippen LogP) is 3.36. The van der Waals surface area contributed by atoms with Crippen LogP contribution in [0.3, 0.4) is 0 Å². The topological polar surface area (TPSA) is 93.0 Å². The molecule has 0 radical (unpaired) electrons. The summed E-state index contributed by atoms with van der Waals surface area (Å²) in [6, 6.07) is 7.57. The van der Waals surface area contributed by atoms with Crippen molar-refractivity contribution in [2.45, 2.75) is 40.2 Å². The summed E-state index contributed by atoms with van der Waals surface area (Å²) < 4.78 is 1.87. The highest BCUT2D eigenvalue weighted by Crippen LogP contribution is 2.25. The second-order valence-corrected chi connectivity index (χ2v) is 8.17. The lowest BCUT2D eigenvalue weighted by molar-refractivity contribution is -0.122. The Morgan fingerprint density at radius 3 is 2.68 bits per heavy atom. The monoisotopic (exact) mass is 418 g/mol. The maximum absolute atomic E-state index is 12.8. The minimum absolute atomic E-state index is 0.0664. The van der Waals surface area contributed by atoms with Crippen LogP contribution in [0.2, 0.25) is 0 Å². The zero-order valence-corrected chi connectivity index (χ0v) is 18.0. The van der Waals surface area contributed by atoms with E-state index in [0.717, 1.165) is 34.9 Å². The molecule has 8 nitrogen and oxygen atoms in total. The lowest BCUT2D eigenvalue weighted by Gasteiger charge is -2.31. The minimum Gasteiger partial charge on any atom is -0.325 e. The van der Waals surface area contributed by atoms with Crippen molar-refractivity contribution in [1.82, 2.24) is 19.7 Å². The summed E-state index contributed by atoms with van der Waals surface area (Å²) in [6.45, 7) is 7.43. The molecule has 31 heavy (non-hydrogen) atoms. The van der Waals surface area contributed by atoms with Crippen LogP contribution in [0, 0.1) is 19.8 Å². The fourth-order valence-corrected chi connectivity index (χ4v) is 3.78. The highest BCUT2D eigenvalue weighted by atomic mass is 16.2. The quantitative estimate of drug-likeness (QED) is 0.686. The van der Waals surface area contributed by atoms with Gasteiger partial charge in [-0.2, -0.15) is 5.10 Å². The molecule has 1 atom stereocenters. The first kappa shape index (κ1) is 20.7. The molecule has 0 saturated carbocycles. The van der Waals surface area contributed by atoms with Crippen molar-refractivity contribution in [3.05, 3.63) is 54.1 Å². The van der Waals surface area contributed by atoms with E-state index in [1.54, 1.807) is 29.6 Å². The van der Waals surface area contributed by atoms with Crippen LogP contribution in [0.5, 0.6) is 0 Å². The third kappa shape index (κ3) is 4.79. The van der Waals surface area contributed by atoms with Crippen molar-refractivity contribution in [2.24, 2.45) is 5.92 Å². The molecular formula is C23H26N6O2. The van der Waals surface area contributed by atoms with Gasteiger partial charge in [-0.05, 0) is 43.5 Å². The maximum atomic E-state index is 12.8. The van der Waals surface area contributed by atoms with E-state index in [1.807, 2.05) is 36.7 Å². The number of fused-ring (bicyclic) bond motifs is 1. The second kappa shape index (κ2) is 8.67. The molecule has 0 aliphatic carbocycles. The van der Waals surface area contributed by atoms with E-state index in [2.05, 4.69) is 27.3 Å². The fourth-order valence-electron chi connectivity index (χ4n) is 3.78. The van der Waals surface area contributed by atoms with Gasteiger partial charge in [-0.1, -0.05) is 6.92 Å². The summed E-state index contributed by atoms with van der Waals surface area (Å²) in [7, 11) is 0. The number of rotatable bonds is 5. The van der Waals surface area contributed by atoms with E-state index < -0.39 is 0 Å². The molecule has 3 aromatic rings. The molecule has 0 spiro atoms. The van der Waals surface area contributed by atoms with Crippen LogP contribution in [0.4, 0.5) is 11.5 Å². The van der Waals surface area contributed by atoms with Crippen LogP contribution >= 0.6 is 0 Å². The number of hydrogen-bond acceptors (Lipinski definition) is 5. The molecule has 0 fully saturated rings. The van der Waals surface area contributed by atoms with Crippen molar-refractivity contribution in [1.29, 1.82) is 0 Å². The van der Waals surface area contributed by atoms with Gasteiger partial charge in [0.25, 0.3) is 0 Å². The summed E-state index contributed by atoms with van der Waals surface area (Å²) in [6.07, 6.45) is 5.42. The summed E-state index contributed by atoms with van der Waals surface area (Å²) >= 11 is 0. The van der Waals surface area contributed by atoms with Crippen molar-refractivity contribution >= 4 is 23.3 Å². The number of nitrogens with one attached hydrogen (secondary N) is 1. The summed E-state index contributed by atoms with van der Waals surface area (Å²) in [5, 5.41) is 7.27. The van der Waals surface area contributed by atoms with Gasteiger partial charge in [-0.25, -0.2) is 4.68 Å². The molecule has 1 aliphatic rings. The van der Waals surface area contributed by atoms with Gasteiger partial charge >= 0.3 is 0 Å². The van der Waals surface area contributed by atoms with Gasteiger partial charge in [-0.15, -0.1) is 0 Å². The van der Waals surface area contributed by atoms with Gasteiger partial charge in [0.05, 0.1) is 23.3 Å². The van der Waals surface area contributed by atoms with Crippen LogP contribution in [0.15, 0.2) is 42.9 Å². The first-order valence-corrected chi connectivity index (χ1v) is 10.4. The van der Waals surface area contributed by atoms with Gasteiger partial charge in [0.1, 0.15) is 5.82 Å². The van der Waals surface area contributed by atoms with Gasteiger partial charge in [0.2, 0.25) is 11.8 Å². The van der Waals surface area contributed by atoms with Gasteiger partial charge in [0.15, 0.2) is 0 Å². The molecule has 1 unspecified atom stereocenters. The lowest BCUT2D eigenvalue weighted by atomic mass is 10.1. The van der Waals surface area contributed by atoms with Crippen LogP contribution < -0.4 is 10.2 Å². The van der Waals surface area contributed by atoms with E-state index in [0.29, 0.717) is 18.2 Å². The Hall–Kier alpha value is -3.55. The molecule has 8 heteroatoms. The molecule has 2 amide bonds. The molecule has 0 bridgehead atoms. The summed E-state index contributed by atoms with van der Waals surface area (Å²) in [4.78, 5) is 35.5. The number of carbonyl (C=O) groups excluding carboxylic acids is 2. The molecule has 0 saturated heterocycles. The number of carbonyl (C=O) groups is 2. The van der Waals surface area contributed by atoms with E-state index in [9.17, 15) is 9.59 Å². The Balaban J connectivity index is 1.34. The van der Waals surface area contributed by atoms with Crippen molar-refractivity contribution in [3.8, 4) is 11.3 Å². The van der Waals surface area contributed by atoms with Crippen molar-refractivity contribution in [3.63, 3.8) is 0 Å². The molecule has 1 N–H and O–H groups in total. The lowest BCUT2D eigenvalue weighted by Crippen LogP contribution is -2.41. The number of aryl methyl sites for hydroxylation is 2. The molecule has 3 aromatic heterocycles. The van der Waals surface area contributed by atoms with E-state index >= 15 is 0 Å². The van der Waals surface area contributed by atoms with Gasteiger partial charge < -0.3 is 5.32 Å². The third-order valence-corrected chi connectivity index (χ3v) is 5.22. The Kier molecular flexibility index (Phi) is 5.79. The van der Waals surface area contributed by atoms with Crippen molar-refractivity contribution in [2.75, 3.05) is 16.8 Å². The minimum atomic E-state index is -0.213. The Morgan fingerprint density at radius 2 is 1.94 bits per heavy atom. The Bertz CT molecular complexity index is 1110. The van der Waals surface area contributed by atoms with Gasteiger partial charge in [0, 0.05) is 50.0 Å². The molecule has 160 valence electrons. The number of pyridine rings is 2. The van der Waals surface area contributed by atoms with Crippen LogP contribution in [-0.4, -0.2) is 38.1 Å². The van der Waals surface area contributed by atoms with E-state index in [1.165, 1.54) is 0 Å². The smallest absolute Gasteiger partial charge is 0.228 e. The van der Waals surface area contributed by atoms with E-state index in [4.69, 9.17) is 0 Å². The first-order valence-electron chi connectivity index (χ1n) is 10.4. The van der Waals surface area contributed by atoms with Gasteiger partial charge in [-0.3, -0.25) is 24.5 Å².